The summed E-state index contributed by atoms with van der Waals surface area (Å²) in [5.74, 6) is -1.93. The number of benzene rings is 3. The van der Waals surface area contributed by atoms with E-state index in [4.69, 9.17) is 0 Å². The van der Waals surface area contributed by atoms with Crippen LogP contribution >= 0.6 is 0 Å². The van der Waals surface area contributed by atoms with Gasteiger partial charge in [0.15, 0.2) is 11.6 Å². The summed E-state index contributed by atoms with van der Waals surface area (Å²) in [6.45, 7) is 0.442. The number of para-hydroxylation sites is 1. The summed E-state index contributed by atoms with van der Waals surface area (Å²) in [7, 11) is 0. The molecule has 4 aromatic rings. The number of pyridine rings is 1. The number of hydrogen-bond acceptors (Lipinski definition) is 5. The number of aromatic hydroxyl groups is 1. The van der Waals surface area contributed by atoms with Crippen molar-refractivity contribution in [3.8, 4) is 5.75 Å². The van der Waals surface area contributed by atoms with Crippen molar-refractivity contribution in [3.63, 3.8) is 0 Å². The average Bonchev–Trinajstić information content (AvgIpc) is 2.85. The van der Waals surface area contributed by atoms with E-state index < -0.39 is 17.2 Å². The van der Waals surface area contributed by atoms with E-state index in [0.717, 1.165) is 18.4 Å². The second-order valence-electron chi connectivity index (χ2n) is 8.48. The Morgan fingerprint density at radius 3 is 2.35 bits per heavy atom. The number of carbonyl (C=O) groups is 3. The molecule has 0 saturated heterocycles. The van der Waals surface area contributed by atoms with Crippen LogP contribution in [0, 0.1) is 0 Å². The third-order valence-electron chi connectivity index (χ3n) is 6.60. The van der Waals surface area contributed by atoms with Crippen LogP contribution in [0.5, 0.6) is 5.75 Å². The van der Waals surface area contributed by atoms with E-state index in [1.165, 1.54) is 16.7 Å². The van der Waals surface area contributed by atoms with E-state index in [1.807, 2.05) is 6.07 Å². The van der Waals surface area contributed by atoms with Gasteiger partial charge in [-0.15, -0.1) is 0 Å². The van der Waals surface area contributed by atoms with E-state index in [1.54, 1.807) is 42.5 Å². The van der Waals surface area contributed by atoms with Crippen LogP contribution in [0.3, 0.4) is 0 Å². The molecule has 34 heavy (non-hydrogen) atoms. The minimum Gasteiger partial charge on any atom is -0.506 e. The van der Waals surface area contributed by atoms with Crippen molar-refractivity contribution in [1.29, 1.82) is 0 Å². The number of aromatic nitrogens is 1. The summed E-state index contributed by atoms with van der Waals surface area (Å²) in [5, 5.41) is 14.0. The fourth-order valence-corrected chi connectivity index (χ4v) is 5.06. The van der Waals surface area contributed by atoms with Crippen molar-refractivity contribution in [2.45, 2.75) is 19.4 Å². The van der Waals surface area contributed by atoms with Gasteiger partial charge in [0.1, 0.15) is 11.3 Å². The fourth-order valence-electron chi connectivity index (χ4n) is 5.06. The van der Waals surface area contributed by atoms with Crippen molar-refractivity contribution >= 4 is 34.1 Å². The summed E-state index contributed by atoms with van der Waals surface area (Å²) >= 11 is 0. The van der Waals surface area contributed by atoms with Crippen LogP contribution in [0.2, 0.25) is 0 Å². The van der Waals surface area contributed by atoms with Gasteiger partial charge >= 0.3 is 0 Å². The molecule has 1 aromatic heterocycles. The second kappa shape index (κ2) is 7.25. The lowest BCUT2D eigenvalue weighted by Crippen LogP contribution is -2.32. The molecular weight excluding hydrogens is 432 g/mol. The van der Waals surface area contributed by atoms with Gasteiger partial charge in [-0.2, -0.15) is 0 Å². The van der Waals surface area contributed by atoms with Gasteiger partial charge in [-0.3, -0.25) is 19.2 Å². The Labute approximate surface area is 193 Å². The number of ketones is 2. The van der Waals surface area contributed by atoms with Gasteiger partial charge in [-0.25, -0.2) is 0 Å². The van der Waals surface area contributed by atoms with E-state index in [0.29, 0.717) is 23.0 Å². The van der Waals surface area contributed by atoms with Crippen LogP contribution in [0.1, 0.15) is 54.2 Å². The Kier molecular flexibility index (Phi) is 4.29. The SMILES string of the molecule is O=C1c2ccccc2C(=O)c2c(NC(=O)c3c(O)c4cccc5c4n(c3=O)CCC5)cccc21. The third-order valence-corrected chi connectivity index (χ3v) is 6.60. The number of fused-ring (bicyclic) bond motifs is 2. The molecular formula is C27H18N2O5. The van der Waals surface area contributed by atoms with Gasteiger partial charge in [0.05, 0.1) is 16.8 Å². The number of nitrogens with one attached hydrogen (secondary N) is 1. The first kappa shape index (κ1) is 20.1. The van der Waals surface area contributed by atoms with Crippen molar-refractivity contribution < 1.29 is 19.5 Å². The molecule has 7 heteroatoms. The minimum atomic E-state index is -0.836. The molecule has 0 radical (unpaired) electrons. The van der Waals surface area contributed by atoms with Gasteiger partial charge in [0.2, 0.25) is 0 Å². The maximum absolute atomic E-state index is 13.3. The number of rotatable bonds is 2. The quantitative estimate of drug-likeness (QED) is 0.427. The van der Waals surface area contributed by atoms with E-state index >= 15 is 0 Å². The second-order valence-corrected chi connectivity index (χ2v) is 8.48. The Balaban J connectivity index is 1.48. The Hall–Kier alpha value is -4.52. The molecule has 166 valence electrons. The van der Waals surface area contributed by atoms with Crippen molar-refractivity contribution in [2.75, 3.05) is 5.32 Å². The number of aryl methyl sites for hydroxylation is 2. The van der Waals surface area contributed by atoms with Crippen LogP contribution in [-0.4, -0.2) is 27.1 Å². The molecule has 7 nitrogen and oxygen atoms in total. The molecule has 2 aliphatic rings. The number of hydrogen-bond donors (Lipinski definition) is 2. The van der Waals surface area contributed by atoms with Crippen LogP contribution in [0.4, 0.5) is 5.69 Å². The highest BCUT2D eigenvalue weighted by molar-refractivity contribution is 6.30. The zero-order valence-corrected chi connectivity index (χ0v) is 17.9. The molecule has 6 rings (SSSR count). The number of carbonyl (C=O) groups excluding carboxylic acids is 3. The number of anilines is 1. The zero-order chi connectivity index (χ0) is 23.6. The summed E-state index contributed by atoms with van der Waals surface area (Å²) < 4.78 is 1.52. The van der Waals surface area contributed by atoms with Crippen LogP contribution in [0.25, 0.3) is 10.9 Å². The first-order chi connectivity index (χ1) is 16.5. The van der Waals surface area contributed by atoms with Crippen molar-refractivity contribution in [3.05, 3.63) is 104 Å². The number of amides is 1. The first-order valence-electron chi connectivity index (χ1n) is 11.0. The maximum atomic E-state index is 13.3. The lowest BCUT2D eigenvalue weighted by Gasteiger charge is -2.22. The van der Waals surface area contributed by atoms with E-state index in [9.17, 15) is 24.3 Å². The minimum absolute atomic E-state index is 0.0727. The molecule has 1 aliphatic heterocycles. The number of nitrogens with zero attached hydrogens (tertiary/aromatic N) is 1. The Bertz CT molecular complexity index is 1650. The van der Waals surface area contributed by atoms with Crippen LogP contribution < -0.4 is 10.9 Å². The standard InChI is InChI=1S/C27H18N2O5/c30-23-15-8-1-2-9-16(15)24(31)20-17(23)10-4-12-19(20)28-26(33)21-25(32)18-11-3-6-14-7-5-13-29(22(14)18)27(21)34/h1-4,6,8-12,32H,5,7,13H2,(H,28,33). The monoisotopic (exact) mass is 450 g/mol. The average molecular weight is 450 g/mol. The lowest BCUT2D eigenvalue weighted by atomic mass is 9.83. The molecule has 2 N–H and O–H groups in total. The van der Waals surface area contributed by atoms with Gasteiger partial charge in [0.25, 0.3) is 11.5 Å². The highest BCUT2D eigenvalue weighted by Gasteiger charge is 2.32. The maximum Gasteiger partial charge on any atom is 0.267 e. The fraction of sp³-hybridized carbons (Fsp3) is 0.111. The molecule has 0 fully saturated rings. The summed E-state index contributed by atoms with van der Waals surface area (Å²) in [6, 6.07) is 16.5. The zero-order valence-electron chi connectivity index (χ0n) is 17.9. The van der Waals surface area contributed by atoms with Crippen molar-refractivity contribution in [1.82, 2.24) is 4.57 Å². The topological polar surface area (TPSA) is 105 Å². The predicted octanol–water partition coefficient (Wildman–Crippen LogP) is 3.68. The van der Waals surface area contributed by atoms with Gasteiger partial charge in [0, 0.05) is 28.6 Å². The molecule has 0 saturated carbocycles. The molecule has 0 atom stereocenters. The largest absolute Gasteiger partial charge is 0.506 e. The smallest absolute Gasteiger partial charge is 0.267 e. The van der Waals surface area contributed by atoms with Gasteiger partial charge < -0.3 is 15.0 Å². The molecule has 0 unspecified atom stereocenters. The Morgan fingerprint density at radius 1 is 0.853 bits per heavy atom. The lowest BCUT2D eigenvalue weighted by molar-refractivity contribution is 0.0978. The van der Waals surface area contributed by atoms with Gasteiger partial charge in [-0.1, -0.05) is 48.5 Å². The molecule has 0 spiro atoms. The highest BCUT2D eigenvalue weighted by atomic mass is 16.3. The third kappa shape index (κ3) is 2.70. The Morgan fingerprint density at radius 2 is 1.56 bits per heavy atom. The van der Waals surface area contributed by atoms with E-state index in [2.05, 4.69) is 5.32 Å². The molecule has 1 amide bonds. The first-order valence-corrected chi connectivity index (χ1v) is 11.0. The summed E-state index contributed by atoms with van der Waals surface area (Å²) in [6.07, 6.45) is 1.54. The predicted molar refractivity (Wildman–Crippen MR) is 126 cm³/mol. The summed E-state index contributed by atoms with van der Waals surface area (Å²) in [4.78, 5) is 52.8. The summed E-state index contributed by atoms with van der Waals surface area (Å²) in [5.41, 5.74) is 1.54. The molecule has 0 bridgehead atoms. The van der Waals surface area contributed by atoms with Crippen LogP contribution in [0.15, 0.2) is 65.5 Å². The molecule has 3 aromatic carbocycles. The molecule has 2 heterocycles. The normalized spacial score (nSPS) is 14.0. The van der Waals surface area contributed by atoms with Gasteiger partial charge in [-0.05, 0) is 30.5 Å². The highest BCUT2D eigenvalue weighted by Crippen LogP contribution is 2.34. The van der Waals surface area contributed by atoms with Crippen molar-refractivity contribution in [2.24, 2.45) is 0 Å². The molecule has 1 aliphatic carbocycles. The van der Waals surface area contributed by atoms with E-state index in [-0.39, 0.29) is 39.5 Å². The van der Waals surface area contributed by atoms with Crippen LogP contribution in [-0.2, 0) is 13.0 Å².